The van der Waals surface area contributed by atoms with E-state index in [1.807, 2.05) is 11.8 Å². The molecule has 7 nitrogen and oxygen atoms in total. The SMILES string of the molecule is CCCn1nc(C)c([N+](=O)[O-])c1N(CCO)C1CCCC1. The van der Waals surface area contributed by atoms with Gasteiger partial charge in [-0.25, -0.2) is 4.68 Å². The number of nitrogens with zero attached hydrogens (tertiary/aromatic N) is 4. The predicted molar refractivity (Wildman–Crippen MR) is 80.6 cm³/mol. The number of aliphatic hydroxyl groups excluding tert-OH is 1. The molecule has 0 atom stereocenters. The molecule has 0 bridgehead atoms. The number of aromatic nitrogens is 2. The Hall–Kier alpha value is -1.63. The third-order valence-electron chi connectivity index (χ3n) is 4.07. The fourth-order valence-electron chi connectivity index (χ4n) is 3.21. The summed E-state index contributed by atoms with van der Waals surface area (Å²) < 4.78 is 1.74. The lowest BCUT2D eigenvalue weighted by Gasteiger charge is -2.29. The number of hydrogen-bond acceptors (Lipinski definition) is 5. The molecule has 0 amide bonds. The highest BCUT2D eigenvalue weighted by molar-refractivity contribution is 5.62. The minimum absolute atomic E-state index is 0.00991. The van der Waals surface area contributed by atoms with Crippen molar-refractivity contribution in [2.45, 2.75) is 58.5 Å². The molecule has 0 saturated heterocycles. The number of aliphatic hydroxyl groups is 1. The highest BCUT2D eigenvalue weighted by Gasteiger charge is 2.33. The zero-order valence-electron chi connectivity index (χ0n) is 12.8. The van der Waals surface area contributed by atoms with Gasteiger partial charge in [0.15, 0.2) is 0 Å². The Kier molecular flexibility index (Phi) is 5.17. The third-order valence-corrected chi connectivity index (χ3v) is 4.07. The van der Waals surface area contributed by atoms with Gasteiger partial charge in [0.25, 0.3) is 0 Å². The van der Waals surface area contributed by atoms with Crippen LogP contribution < -0.4 is 4.90 Å². The van der Waals surface area contributed by atoms with E-state index in [1.165, 1.54) is 0 Å². The summed E-state index contributed by atoms with van der Waals surface area (Å²) in [5, 5.41) is 25.2. The lowest BCUT2D eigenvalue weighted by Crippen LogP contribution is -2.37. The van der Waals surface area contributed by atoms with Crippen LogP contribution in [0.1, 0.15) is 44.7 Å². The lowest BCUT2D eigenvalue weighted by atomic mass is 10.2. The summed E-state index contributed by atoms with van der Waals surface area (Å²) in [5.74, 6) is 0.570. The van der Waals surface area contributed by atoms with E-state index in [0.717, 1.165) is 32.1 Å². The second-order valence-electron chi connectivity index (χ2n) is 5.59. The van der Waals surface area contributed by atoms with Crippen LogP contribution in [0.15, 0.2) is 0 Å². The van der Waals surface area contributed by atoms with E-state index in [0.29, 0.717) is 24.6 Å². The quantitative estimate of drug-likeness (QED) is 0.616. The van der Waals surface area contributed by atoms with Gasteiger partial charge in [0, 0.05) is 19.1 Å². The van der Waals surface area contributed by atoms with Crippen molar-refractivity contribution in [1.82, 2.24) is 9.78 Å². The van der Waals surface area contributed by atoms with Gasteiger partial charge in [-0.3, -0.25) is 10.1 Å². The topological polar surface area (TPSA) is 84.4 Å². The molecule has 7 heteroatoms. The Morgan fingerprint density at radius 2 is 2.14 bits per heavy atom. The van der Waals surface area contributed by atoms with E-state index in [4.69, 9.17) is 0 Å². The fraction of sp³-hybridized carbons (Fsp3) is 0.786. The molecule has 1 heterocycles. The van der Waals surface area contributed by atoms with E-state index >= 15 is 0 Å². The van der Waals surface area contributed by atoms with Gasteiger partial charge in [-0.2, -0.15) is 5.10 Å². The molecule has 0 aliphatic heterocycles. The molecule has 1 aliphatic rings. The molecule has 1 aliphatic carbocycles. The van der Waals surface area contributed by atoms with Crippen LogP contribution in [0.3, 0.4) is 0 Å². The minimum atomic E-state index is -0.344. The second-order valence-corrected chi connectivity index (χ2v) is 5.59. The molecular formula is C14H24N4O3. The first-order valence-electron chi connectivity index (χ1n) is 7.69. The first-order chi connectivity index (χ1) is 10.1. The molecule has 1 fully saturated rings. The average Bonchev–Trinajstić information content (AvgIpc) is 3.04. The summed E-state index contributed by atoms with van der Waals surface area (Å²) in [6.07, 6.45) is 5.19. The van der Waals surface area contributed by atoms with Crippen LogP contribution in [0, 0.1) is 17.0 Å². The molecule has 0 aromatic carbocycles. The molecule has 2 rings (SSSR count). The van der Waals surface area contributed by atoms with E-state index in [-0.39, 0.29) is 23.3 Å². The summed E-state index contributed by atoms with van der Waals surface area (Å²) in [6.45, 7) is 4.77. The lowest BCUT2D eigenvalue weighted by molar-refractivity contribution is -0.384. The van der Waals surface area contributed by atoms with Crippen molar-refractivity contribution in [3.8, 4) is 0 Å². The van der Waals surface area contributed by atoms with Gasteiger partial charge < -0.3 is 10.0 Å². The van der Waals surface area contributed by atoms with Gasteiger partial charge in [-0.05, 0) is 26.2 Å². The number of nitro groups is 1. The van der Waals surface area contributed by atoms with Crippen LogP contribution >= 0.6 is 0 Å². The Morgan fingerprint density at radius 1 is 1.48 bits per heavy atom. The largest absolute Gasteiger partial charge is 0.395 e. The van der Waals surface area contributed by atoms with Crippen LogP contribution in [0.4, 0.5) is 11.5 Å². The number of aryl methyl sites for hydroxylation is 2. The molecule has 1 saturated carbocycles. The summed E-state index contributed by atoms with van der Waals surface area (Å²) in [6, 6.07) is 0.266. The van der Waals surface area contributed by atoms with Crippen LogP contribution in [0.5, 0.6) is 0 Å². The maximum absolute atomic E-state index is 11.4. The number of rotatable bonds is 7. The number of hydrogen-bond donors (Lipinski definition) is 1. The van der Waals surface area contributed by atoms with Crippen LogP contribution in [0.25, 0.3) is 0 Å². The second kappa shape index (κ2) is 6.89. The van der Waals surface area contributed by atoms with E-state index in [9.17, 15) is 15.2 Å². The first kappa shape index (κ1) is 15.8. The smallest absolute Gasteiger partial charge is 0.333 e. The van der Waals surface area contributed by atoms with Gasteiger partial charge >= 0.3 is 5.69 Å². The first-order valence-corrected chi connectivity index (χ1v) is 7.69. The molecule has 21 heavy (non-hydrogen) atoms. The zero-order valence-corrected chi connectivity index (χ0v) is 12.8. The summed E-state index contributed by atoms with van der Waals surface area (Å²) in [4.78, 5) is 13.1. The Balaban J connectivity index is 2.47. The number of anilines is 1. The zero-order chi connectivity index (χ0) is 15.4. The Bertz CT molecular complexity index is 495. The molecular weight excluding hydrogens is 272 g/mol. The van der Waals surface area contributed by atoms with E-state index in [2.05, 4.69) is 5.10 Å². The van der Waals surface area contributed by atoms with Crippen LogP contribution in [-0.4, -0.2) is 39.0 Å². The molecule has 1 aromatic heterocycles. The molecule has 1 aromatic rings. The summed E-state index contributed by atoms with van der Waals surface area (Å²) in [7, 11) is 0. The molecule has 0 radical (unpaired) electrons. The van der Waals surface area contributed by atoms with Gasteiger partial charge in [0.1, 0.15) is 5.69 Å². The summed E-state index contributed by atoms with van der Waals surface area (Å²) >= 11 is 0. The Morgan fingerprint density at radius 3 is 2.67 bits per heavy atom. The van der Waals surface area contributed by atoms with Crippen molar-refractivity contribution in [3.63, 3.8) is 0 Å². The normalized spacial score (nSPS) is 15.6. The van der Waals surface area contributed by atoms with Crippen molar-refractivity contribution in [2.24, 2.45) is 0 Å². The van der Waals surface area contributed by atoms with Crippen molar-refractivity contribution in [3.05, 3.63) is 15.8 Å². The average molecular weight is 296 g/mol. The predicted octanol–water partition coefficient (Wildman–Crippen LogP) is 2.25. The molecule has 1 N–H and O–H groups in total. The maximum atomic E-state index is 11.4. The van der Waals surface area contributed by atoms with Gasteiger partial charge in [0.2, 0.25) is 5.82 Å². The van der Waals surface area contributed by atoms with Gasteiger partial charge in [-0.1, -0.05) is 19.8 Å². The fourth-order valence-corrected chi connectivity index (χ4v) is 3.21. The summed E-state index contributed by atoms with van der Waals surface area (Å²) in [5.41, 5.74) is 0.535. The highest BCUT2D eigenvalue weighted by atomic mass is 16.6. The van der Waals surface area contributed by atoms with Crippen molar-refractivity contribution < 1.29 is 10.0 Å². The third kappa shape index (κ3) is 3.18. The minimum Gasteiger partial charge on any atom is -0.395 e. The molecule has 118 valence electrons. The van der Waals surface area contributed by atoms with Crippen molar-refractivity contribution in [2.75, 3.05) is 18.1 Å². The van der Waals surface area contributed by atoms with Crippen molar-refractivity contribution >= 4 is 11.5 Å². The molecule has 0 spiro atoms. The van der Waals surface area contributed by atoms with Gasteiger partial charge in [-0.15, -0.1) is 0 Å². The van der Waals surface area contributed by atoms with E-state index in [1.54, 1.807) is 11.6 Å². The van der Waals surface area contributed by atoms with Gasteiger partial charge in [0.05, 0.1) is 11.5 Å². The monoisotopic (exact) mass is 296 g/mol. The van der Waals surface area contributed by atoms with Crippen molar-refractivity contribution in [1.29, 1.82) is 0 Å². The standard InChI is InChI=1S/C14H24N4O3/c1-3-8-17-14(13(18(20)21)11(2)15-17)16(9-10-19)12-6-4-5-7-12/h12,19H,3-10H2,1-2H3. The molecule has 0 unspecified atom stereocenters. The highest BCUT2D eigenvalue weighted by Crippen LogP contribution is 2.36. The maximum Gasteiger partial charge on any atom is 0.333 e. The Labute approximate surface area is 124 Å². The van der Waals surface area contributed by atoms with Crippen LogP contribution in [0.2, 0.25) is 0 Å². The van der Waals surface area contributed by atoms with E-state index < -0.39 is 0 Å². The van der Waals surface area contributed by atoms with Crippen LogP contribution in [-0.2, 0) is 6.54 Å².